The number of nitrogens with zero attached hydrogens (tertiary/aromatic N) is 1. The summed E-state index contributed by atoms with van der Waals surface area (Å²) >= 11 is 0. The number of carboxylic acid groups (broad SMARTS) is 1. The number of amides is 1. The topological polar surface area (TPSA) is 91.8 Å². The number of hydrogen-bond donors (Lipinski definition) is 1. The van der Waals surface area contributed by atoms with Gasteiger partial charge >= 0.3 is 5.97 Å². The molecule has 7 heteroatoms. The Labute approximate surface area is 99.5 Å². The molecule has 17 heavy (non-hydrogen) atoms. The van der Waals surface area contributed by atoms with E-state index in [0.29, 0.717) is 6.42 Å². The quantitative estimate of drug-likeness (QED) is 0.736. The molecule has 0 aromatic rings. The lowest BCUT2D eigenvalue weighted by molar-refractivity contribution is -0.146. The molecule has 6 nitrogen and oxygen atoms in total. The molecule has 1 N–H and O–H groups in total. The molecule has 2 rings (SSSR count). The minimum Gasteiger partial charge on any atom is -0.480 e. The van der Waals surface area contributed by atoms with E-state index in [2.05, 4.69) is 0 Å². The number of carbonyl (C=O) groups is 2. The lowest BCUT2D eigenvalue weighted by Gasteiger charge is -2.26. The van der Waals surface area contributed by atoms with Gasteiger partial charge in [0.1, 0.15) is 6.54 Å². The molecule has 2 fully saturated rings. The molecule has 1 saturated heterocycles. The Morgan fingerprint density at radius 3 is 2.29 bits per heavy atom. The van der Waals surface area contributed by atoms with Gasteiger partial charge in [-0.15, -0.1) is 0 Å². The summed E-state index contributed by atoms with van der Waals surface area (Å²) in [5.41, 5.74) is 0. The average Bonchev–Trinajstić information content (AvgIpc) is 2.99. The Balaban J connectivity index is 2.09. The fourth-order valence-electron chi connectivity index (χ4n) is 2.12. The normalized spacial score (nSPS) is 26.7. The van der Waals surface area contributed by atoms with Gasteiger partial charge in [-0.2, -0.15) is 0 Å². The van der Waals surface area contributed by atoms with Crippen molar-refractivity contribution in [2.45, 2.75) is 25.3 Å². The van der Waals surface area contributed by atoms with Crippen molar-refractivity contribution >= 4 is 21.7 Å². The Morgan fingerprint density at radius 2 is 1.88 bits per heavy atom. The molecule has 1 saturated carbocycles. The first-order chi connectivity index (χ1) is 7.89. The summed E-state index contributed by atoms with van der Waals surface area (Å²) in [5, 5.41) is 8.78. The smallest absolute Gasteiger partial charge is 0.323 e. The van der Waals surface area contributed by atoms with Crippen LogP contribution in [0.1, 0.15) is 19.3 Å². The molecule has 1 atom stereocenters. The van der Waals surface area contributed by atoms with E-state index < -0.39 is 28.4 Å². The Kier molecular flexibility index (Phi) is 3.11. The SMILES string of the molecule is O=C(O)CN(C(=O)C1CC1)C1CCS(=O)(=O)C1. The predicted molar refractivity (Wildman–Crippen MR) is 59.1 cm³/mol. The van der Waals surface area contributed by atoms with Gasteiger partial charge in [0.2, 0.25) is 5.91 Å². The van der Waals surface area contributed by atoms with Crippen molar-refractivity contribution in [3.63, 3.8) is 0 Å². The maximum atomic E-state index is 11.9. The van der Waals surface area contributed by atoms with Gasteiger partial charge < -0.3 is 10.0 Å². The predicted octanol–water partition coefficient (Wildman–Crippen LogP) is -0.503. The molecular formula is C10H15NO5S. The van der Waals surface area contributed by atoms with Gasteiger partial charge in [0.25, 0.3) is 0 Å². The van der Waals surface area contributed by atoms with Crippen LogP contribution in [0.25, 0.3) is 0 Å². The van der Waals surface area contributed by atoms with Crippen LogP contribution in [0.15, 0.2) is 0 Å². The van der Waals surface area contributed by atoms with E-state index in [1.165, 1.54) is 4.90 Å². The Hall–Kier alpha value is -1.11. The van der Waals surface area contributed by atoms with Crippen LogP contribution in [0.4, 0.5) is 0 Å². The van der Waals surface area contributed by atoms with Crippen LogP contribution in [0.3, 0.4) is 0 Å². The summed E-state index contributed by atoms with van der Waals surface area (Å²) in [6.45, 7) is -0.393. The highest BCUT2D eigenvalue weighted by molar-refractivity contribution is 7.91. The van der Waals surface area contributed by atoms with Gasteiger partial charge in [0, 0.05) is 12.0 Å². The molecule has 1 unspecified atom stereocenters. The number of aliphatic carboxylic acids is 1. The third-order valence-electron chi connectivity index (χ3n) is 3.16. The van der Waals surface area contributed by atoms with Crippen molar-refractivity contribution in [1.29, 1.82) is 0 Å². The summed E-state index contributed by atoms with van der Waals surface area (Å²) in [5.74, 6) is -1.43. The van der Waals surface area contributed by atoms with Crippen LogP contribution in [-0.4, -0.2) is 54.4 Å². The highest BCUT2D eigenvalue weighted by atomic mass is 32.2. The minimum absolute atomic E-state index is 0.0474. The van der Waals surface area contributed by atoms with Gasteiger partial charge in [-0.25, -0.2) is 8.42 Å². The van der Waals surface area contributed by atoms with Crippen LogP contribution in [0.2, 0.25) is 0 Å². The van der Waals surface area contributed by atoms with E-state index in [4.69, 9.17) is 5.11 Å². The molecule has 0 aromatic heterocycles. The second-order valence-electron chi connectivity index (χ2n) is 4.69. The van der Waals surface area contributed by atoms with Gasteiger partial charge in [-0.1, -0.05) is 0 Å². The molecule has 0 spiro atoms. The van der Waals surface area contributed by atoms with Crippen molar-refractivity contribution in [2.24, 2.45) is 5.92 Å². The molecule has 0 bridgehead atoms. The molecule has 2 aliphatic rings. The number of sulfone groups is 1. The lowest BCUT2D eigenvalue weighted by atomic mass is 10.2. The summed E-state index contributed by atoms with van der Waals surface area (Å²) in [4.78, 5) is 23.9. The van der Waals surface area contributed by atoms with Crippen molar-refractivity contribution in [2.75, 3.05) is 18.1 Å². The average molecular weight is 261 g/mol. The van der Waals surface area contributed by atoms with Gasteiger partial charge in [-0.3, -0.25) is 9.59 Å². The third kappa shape index (κ3) is 2.96. The van der Waals surface area contributed by atoms with Crippen LogP contribution in [-0.2, 0) is 19.4 Å². The first-order valence-electron chi connectivity index (χ1n) is 5.62. The van der Waals surface area contributed by atoms with E-state index >= 15 is 0 Å². The first-order valence-corrected chi connectivity index (χ1v) is 7.44. The standard InChI is InChI=1S/C10H15NO5S/c12-9(13)5-11(10(14)7-1-2-7)8-3-4-17(15,16)6-8/h7-8H,1-6H2,(H,12,13). The summed E-state index contributed by atoms with van der Waals surface area (Å²) in [6.07, 6.45) is 1.93. The van der Waals surface area contributed by atoms with Crippen LogP contribution in [0.5, 0.6) is 0 Å². The van der Waals surface area contributed by atoms with E-state index in [-0.39, 0.29) is 23.3 Å². The van der Waals surface area contributed by atoms with Crippen LogP contribution in [0, 0.1) is 5.92 Å². The monoisotopic (exact) mass is 261 g/mol. The van der Waals surface area contributed by atoms with Crippen molar-refractivity contribution in [3.05, 3.63) is 0 Å². The maximum absolute atomic E-state index is 11.9. The molecule has 0 aromatic carbocycles. The molecule has 1 amide bonds. The fraction of sp³-hybridized carbons (Fsp3) is 0.800. The molecule has 96 valence electrons. The lowest BCUT2D eigenvalue weighted by Crippen LogP contribution is -2.44. The second kappa shape index (κ2) is 4.29. The highest BCUT2D eigenvalue weighted by Crippen LogP contribution is 2.32. The largest absolute Gasteiger partial charge is 0.480 e. The fourth-order valence-corrected chi connectivity index (χ4v) is 3.85. The van der Waals surface area contributed by atoms with Crippen LogP contribution >= 0.6 is 0 Å². The molecular weight excluding hydrogens is 246 g/mol. The summed E-state index contributed by atoms with van der Waals surface area (Å²) in [7, 11) is -3.10. The van der Waals surface area contributed by atoms with Gasteiger partial charge in [-0.05, 0) is 19.3 Å². The van der Waals surface area contributed by atoms with Gasteiger partial charge in [0.15, 0.2) is 9.84 Å². The molecule has 1 aliphatic heterocycles. The molecule has 1 aliphatic carbocycles. The Morgan fingerprint density at radius 1 is 1.24 bits per heavy atom. The number of rotatable bonds is 4. The first kappa shape index (κ1) is 12.3. The molecule has 0 radical (unpaired) electrons. The zero-order valence-corrected chi connectivity index (χ0v) is 10.1. The van der Waals surface area contributed by atoms with E-state index in [1.54, 1.807) is 0 Å². The second-order valence-corrected chi connectivity index (χ2v) is 6.92. The zero-order chi connectivity index (χ0) is 12.6. The minimum atomic E-state index is -3.10. The summed E-state index contributed by atoms with van der Waals surface area (Å²) in [6, 6.07) is -0.454. The van der Waals surface area contributed by atoms with Crippen molar-refractivity contribution in [1.82, 2.24) is 4.90 Å². The number of carboxylic acids is 1. The van der Waals surface area contributed by atoms with E-state index in [9.17, 15) is 18.0 Å². The van der Waals surface area contributed by atoms with E-state index in [0.717, 1.165) is 12.8 Å². The maximum Gasteiger partial charge on any atom is 0.323 e. The van der Waals surface area contributed by atoms with Crippen LogP contribution < -0.4 is 0 Å². The Bertz CT molecular complexity index is 440. The van der Waals surface area contributed by atoms with Gasteiger partial charge in [0.05, 0.1) is 11.5 Å². The van der Waals surface area contributed by atoms with Crippen molar-refractivity contribution < 1.29 is 23.1 Å². The van der Waals surface area contributed by atoms with E-state index in [1.807, 2.05) is 0 Å². The summed E-state index contributed by atoms with van der Waals surface area (Å²) < 4.78 is 22.7. The zero-order valence-electron chi connectivity index (χ0n) is 9.33. The number of carbonyl (C=O) groups excluding carboxylic acids is 1. The molecule has 1 heterocycles. The third-order valence-corrected chi connectivity index (χ3v) is 4.91. The highest BCUT2D eigenvalue weighted by Gasteiger charge is 2.40. The number of hydrogen-bond acceptors (Lipinski definition) is 4. The van der Waals surface area contributed by atoms with Crippen molar-refractivity contribution in [3.8, 4) is 0 Å².